The molecule has 118 valence electrons. The highest BCUT2D eigenvalue weighted by atomic mass is 35.5. The Bertz CT molecular complexity index is 480. The van der Waals surface area contributed by atoms with Gasteiger partial charge < -0.3 is 5.32 Å². The molecule has 1 fully saturated rings. The summed E-state index contributed by atoms with van der Waals surface area (Å²) in [6.45, 7) is 1.41. The fourth-order valence-corrected chi connectivity index (χ4v) is 2.96. The Balaban J connectivity index is 1.74. The van der Waals surface area contributed by atoms with Gasteiger partial charge in [0.1, 0.15) is 0 Å². The van der Waals surface area contributed by atoms with E-state index in [2.05, 4.69) is 5.32 Å². The van der Waals surface area contributed by atoms with Gasteiger partial charge in [0.05, 0.1) is 16.6 Å². The van der Waals surface area contributed by atoms with Crippen LogP contribution in [0.3, 0.4) is 0 Å². The standard InChI is InChI=1S/C14H17Cl2F3N2/c15-12-3-1-2-11(13(12)16)7-20-6-10-4-5-21(8-10)9-14(17,18)19/h1-3,10,20H,4-9H2. The van der Waals surface area contributed by atoms with Crippen molar-refractivity contribution in [3.63, 3.8) is 0 Å². The van der Waals surface area contributed by atoms with Crippen molar-refractivity contribution in [2.75, 3.05) is 26.2 Å². The SMILES string of the molecule is FC(F)(F)CN1CCC(CNCc2cccc(Cl)c2Cl)C1. The highest BCUT2D eigenvalue weighted by Gasteiger charge is 2.34. The number of hydrogen-bond acceptors (Lipinski definition) is 2. The molecule has 0 radical (unpaired) electrons. The molecule has 21 heavy (non-hydrogen) atoms. The molecule has 1 saturated heterocycles. The number of benzene rings is 1. The fraction of sp³-hybridized carbons (Fsp3) is 0.571. The minimum Gasteiger partial charge on any atom is -0.312 e. The average molecular weight is 341 g/mol. The van der Waals surface area contributed by atoms with Crippen LogP contribution in [0.15, 0.2) is 18.2 Å². The molecule has 2 rings (SSSR count). The number of likely N-dealkylation sites (tertiary alicyclic amines) is 1. The molecule has 1 aliphatic rings. The summed E-state index contributed by atoms with van der Waals surface area (Å²) in [5.41, 5.74) is 0.898. The van der Waals surface area contributed by atoms with Gasteiger partial charge in [-0.15, -0.1) is 0 Å². The van der Waals surface area contributed by atoms with Crippen LogP contribution in [0.5, 0.6) is 0 Å². The van der Waals surface area contributed by atoms with Gasteiger partial charge in [0.2, 0.25) is 0 Å². The number of rotatable bonds is 5. The Labute approximate surface area is 132 Å². The van der Waals surface area contributed by atoms with Crippen molar-refractivity contribution in [2.24, 2.45) is 5.92 Å². The monoisotopic (exact) mass is 340 g/mol. The molecule has 1 aliphatic heterocycles. The van der Waals surface area contributed by atoms with Crippen LogP contribution in [-0.2, 0) is 6.54 Å². The largest absolute Gasteiger partial charge is 0.401 e. The zero-order chi connectivity index (χ0) is 15.5. The van der Waals surface area contributed by atoms with Crippen LogP contribution in [0.2, 0.25) is 10.0 Å². The van der Waals surface area contributed by atoms with Gasteiger partial charge in [-0.05, 0) is 37.1 Å². The van der Waals surface area contributed by atoms with E-state index in [1.165, 1.54) is 4.90 Å². The van der Waals surface area contributed by atoms with E-state index in [4.69, 9.17) is 23.2 Å². The first-order valence-corrected chi connectivity index (χ1v) is 7.53. The molecule has 1 atom stereocenters. The lowest BCUT2D eigenvalue weighted by atomic mass is 10.1. The van der Waals surface area contributed by atoms with Gasteiger partial charge in [0.25, 0.3) is 0 Å². The van der Waals surface area contributed by atoms with Crippen LogP contribution in [0.1, 0.15) is 12.0 Å². The van der Waals surface area contributed by atoms with E-state index in [0.717, 1.165) is 12.0 Å². The summed E-state index contributed by atoms with van der Waals surface area (Å²) in [7, 11) is 0. The highest BCUT2D eigenvalue weighted by Crippen LogP contribution is 2.26. The fourth-order valence-electron chi connectivity index (χ4n) is 2.57. The smallest absolute Gasteiger partial charge is 0.312 e. The first-order valence-electron chi connectivity index (χ1n) is 6.78. The second kappa shape index (κ2) is 7.18. The van der Waals surface area contributed by atoms with Crippen LogP contribution in [-0.4, -0.2) is 37.3 Å². The molecule has 0 saturated carbocycles. The second-order valence-corrected chi connectivity index (χ2v) is 6.13. The second-order valence-electron chi connectivity index (χ2n) is 5.35. The Hall–Kier alpha value is -0.490. The third-order valence-electron chi connectivity index (χ3n) is 3.55. The normalized spacial score (nSPS) is 20.1. The Kier molecular flexibility index (Phi) is 5.77. The summed E-state index contributed by atoms with van der Waals surface area (Å²) in [4.78, 5) is 1.46. The lowest BCUT2D eigenvalue weighted by molar-refractivity contribution is -0.143. The summed E-state index contributed by atoms with van der Waals surface area (Å²) >= 11 is 12.0. The minimum atomic E-state index is -4.11. The van der Waals surface area contributed by atoms with Gasteiger partial charge >= 0.3 is 6.18 Å². The Morgan fingerprint density at radius 3 is 2.76 bits per heavy atom. The predicted octanol–water partition coefficient (Wildman–Crippen LogP) is 3.97. The van der Waals surface area contributed by atoms with E-state index < -0.39 is 12.7 Å². The molecule has 1 aromatic rings. The van der Waals surface area contributed by atoms with Gasteiger partial charge in [-0.1, -0.05) is 35.3 Å². The van der Waals surface area contributed by atoms with Gasteiger partial charge in [-0.3, -0.25) is 4.90 Å². The number of halogens is 5. The average Bonchev–Trinajstić information content (AvgIpc) is 2.80. The van der Waals surface area contributed by atoms with Crippen molar-refractivity contribution >= 4 is 23.2 Å². The molecule has 1 N–H and O–H groups in total. The van der Waals surface area contributed by atoms with Crippen LogP contribution >= 0.6 is 23.2 Å². The molecule has 1 unspecified atom stereocenters. The van der Waals surface area contributed by atoms with Gasteiger partial charge in [0.15, 0.2) is 0 Å². The van der Waals surface area contributed by atoms with Crippen molar-refractivity contribution < 1.29 is 13.2 Å². The maximum atomic E-state index is 12.3. The topological polar surface area (TPSA) is 15.3 Å². The van der Waals surface area contributed by atoms with E-state index in [9.17, 15) is 13.2 Å². The molecule has 0 bridgehead atoms. The maximum Gasteiger partial charge on any atom is 0.401 e. The van der Waals surface area contributed by atoms with Gasteiger partial charge in [-0.25, -0.2) is 0 Å². The van der Waals surface area contributed by atoms with Gasteiger partial charge in [0, 0.05) is 13.1 Å². The molecule has 0 aromatic heterocycles. The molecule has 0 amide bonds. The van der Waals surface area contributed by atoms with Crippen molar-refractivity contribution in [2.45, 2.75) is 19.1 Å². The van der Waals surface area contributed by atoms with Gasteiger partial charge in [-0.2, -0.15) is 13.2 Å². The van der Waals surface area contributed by atoms with Crippen LogP contribution in [0.4, 0.5) is 13.2 Å². The highest BCUT2D eigenvalue weighted by molar-refractivity contribution is 6.42. The number of hydrogen-bond donors (Lipinski definition) is 1. The lowest BCUT2D eigenvalue weighted by Gasteiger charge is -2.18. The van der Waals surface area contributed by atoms with Crippen molar-refractivity contribution in [3.05, 3.63) is 33.8 Å². The summed E-state index contributed by atoms with van der Waals surface area (Å²) in [5.74, 6) is 0.241. The van der Waals surface area contributed by atoms with Crippen molar-refractivity contribution in [1.29, 1.82) is 0 Å². The Morgan fingerprint density at radius 2 is 2.05 bits per heavy atom. The molecule has 7 heteroatoms. The quantitative estimate of drug-likeness (QED) is 0.872. The molecular weight excluding hydrogens is 324 g/mol. The third-order valence-corrected chi connectivity index (χ3v) is 4.41. The number of nitrogens with one attached hydrogen (secondary N) is 1. The summed E-state index contributed by atoms with van der Waals surface area (Å²) in [6.07, 6.45) is -3.33. The molecule has 0 aliphatic carbocycles. The molecule has 1 aromatic carbocycles. The van der Waals surface area contributed by atoms with E-state index in [1.807, 2.05) is 12.1 Å². The summed E-state index contributed by atoms with van der Waals surface area (Å²) in [5, 5.41) is 4.28. The first-order chi connectivity index (χ1) is 9.85. The molecular formula is C14H17Cl2F3N2. The first kappa shape index (κ1) is 16.9. The van der Waals surface area contributed by atoms with E-state index in [0.29, 0.717) is 36.2 Å². The van der Waals surface area contributed by atoms with Crippen molar-refractivity contribution in [3.8, 4) is 0 Å². The predicted molar refractivity (Wildman–Crippen MR) is 78.8 cm³/mol. The minimum absolute atomic E-state index is 0.241. The lowest BCUT2D eigenvalue weighted by Crippen LogP contribution is -2.33. The Morgan fingerprint density at radius 1 is 1.29 bits per heavy atom. The number of nitrogens with zero attached hydrogens (tertiary/aromatic N) is 1. The third kappa shape index (κ3) is 5.33. The van der Waals surface area contributed by atoms with E-state index >= 15 is 0 Å². The number of alkyl halides is 3. The van der Waals surface area contributed by atoms with Crippen LogP contribution in [0, 0.1) is 5.92 Å². The summed E-state index contributed by atoms with van der Waals surface area (Å²) in [6, 6.07) is 5.43. The van der Waals surface area contributed by atoms with E-state index in [1.54, 1.807) is 6.07 Å². The zero-order valence-electron chi connectivity index (χ0n) is 11.4. The van der Waals surface area contributed by atoms with Crippen LogP contribution < -0.4 is 5.32 Å². The van der Waals surface area contributed by atoms with Crippen LogP contribution in [0.25, 0.3) is 0 Å². The molecule has 0 spiro atoms. The van der Waals surface area contributed by atoms with Crippen molar-refractivity contribution in [1.82, 2.24) is 10.2 Å². The van der Waals surface area contributed by atoms with E-state index in [-0.39, 0.29) is 5.92 Å². The molecule has 2 nitrogen and oxygen atoms in total. The zero-order valence-corrected chi connectivity index (χ0v) is 12.9. The molecule has 1 heterocycles. The summed E-state index contributed by atoms with van der Waals surface area (Å²) < 4.78 is 36.9. The maximum absolute atomic E-state index is 12.3.